The van der Waals surface area contributed by atoms with Crippen LogP contribution in [0.25, 0.3) is 0 Å². The molecule has 1 rings (SSSR count). The zero-order chi connectivity index (χ0) is 11.3. The molecule has 3 nitrogen and oxygen atoms in total. The molecule has 1 fully saturated rings. The third-order valence-electron chi connectivity index (χ3n) is 3.02. The van der Waals surface area contributed by atoms with Gasteiger partial charge in [-0.15, -0.1) is 0 Å². The first-order chi connectivity index (χ1) is 7.03. The quantitative estimate of drug-likeness (QED) is 0.762. The van der Waals surface area contributed by atoms with Crippen LogP contribution >= 0.6 is 0 Å². The summed E-state index contributed by atoms with van der Waals surface area (Å²) in [4.78, 5) is 2.39. The van der Waals surface area contributed by atoms with Crippen molar-refractivity contribution < 1.29 is 0 Å². The lowest BCUT2D eigenvalue weighted by Gasteiger charge is -2.30. The van der Waals surface area contributed by atoms with E-state index in [-0.39, 0.29) is 5.41 Å². The molecule has 0 saturated carbocycles. The second-order valence-corrected chi connectivity index (χ2v) is 5.40. The third-order valence-corrected chi connectivity index (χ3v) is 3.02. The SMILES string of the molecule is CN1CCCC(CNCC(C)(C)C#N)C1. The van der Waals surface area contributed by atoms with E-state index < -0.39 is 0 Å². The van der Waals surface area contributed by atoms with Gasteiger partial charge in [0.1, 0.15) is 0 Å². The Morgan fingerprint density at radius 1 is 1.53 bits per heavy atom. The smallest absolute Gasteiger partial charge is 0.0697 e. The van der Waals surface area contributed by atoms with Crippen molar-refractivity contribution in [1.29, 1.82) is 5.26 Å². The molecule has 1 saturated heterocycles. The maximum atomic E-state index is 8.87. The van der Waals surface area contributed by atoms with E-state index in [1.54, 1.807) is 0 Å². The summed E-state index contributed by atoms with van der Waals surface area (Å²) in [6, 6.07) is 2.31. The van der Waals surface area contributed by atoms with Crippen LogP contribution < -0.4 is 5.32 Å². The molecule has 15 heavy (non-hydrogen) atoms. The predicted molar refractivity (Wildman–Crippen MR) is 62.5 cm³/mol. The molecule has 0 spiro atoms. The van der Waals surface area contributed by atoms with E-state index in [4.69, 9.17) is 5.26 Å². The third kappa shape index (κ3) is 4.63. The van der Waals surface area contributed by atoms with Gasteiger partial charge in [0.2, 0.25) is 0 Å². The van der Waals surface area contributed by atoms with Gasteiger partial charge in [0.05, 0.1) is 11.5 Å². The number of hydrogen-bond acceptors (Lipinski definition) is 3. The van der Waals surface area contributed by atoms with Gasteiger partial charge in [-0.2, -0.15) is 5.26 Å². The zero-order valence-electron chi connectivity index (χ0n) is 10.2. The summed E-state index contributed by atoms with van der Waals surface area (Å²) in [5, 5.41) is 12.3. The van der Waals surface area contributed by atoms with Crippen LogP contribution in [0.2, 0.25) is 0 Å². The first-order valence-electron chi connectivity index (χ1n) is 5.84. The van der Waals surface area contributed by atoms with Crippen molar-refractivity contribution in [1.82, 2.24) is 10.2 Å². The summed E-state index contributed by atoms with van der Waals surface area (Å²) in [5.41, 5.74) is -0.236. The number of nitriles is 1. The highest BCUT2D eigenvalue weighted by molar-refractivity contribution is 4.93. The van der Waals surface area contributed by atoms with Gasteiger partial charge in [0, 0.05) is 13.1 Å². The number of rotatable bonds is 4. The van der Waals surface area contributed by atoms with Crippen LogP contribution in [0.5, 0.6) is 0 Å². The van der Waals surface area contributed by atoms with Crippen LogP contribution in [0.3, 0.4) is 0 Å². The van der Waals surface area contributed by atoms with E-state index in [2.05, 4.69) is 23.3 Å². The highest BCUT2D eigenvalue weighted by atomic mass is 15.1. The predicted octanol–water partition coefficient (Wildman–Crippen LogP) is 1.47. The van der Waals surface area contributed by atoms with Gasteiger partial charge in [0.25, 0.3) is 0 Å². The maximum absolute atomic E-state index is 8.87. The molecule has 0 aromatic rings. The number of nitrogens with zero attached hydrogens (tertiary/aromatic N) is 2. The van der Waals surface area contributed by atoms with Gasteiger partial charge >= 0.3 is 0 Å². The highest BCUT2D eigenvalue weighted by Gasteiger charge is 2.19. The standard InChI is InChI=1S/C12H23N3/c1-12(2,9-13)10-14-7-11-5-4-6-15(3)8-11/h11,14H,4-8,10H2,1-3H3. The van der Waals surface area contributed by atoms with E-state index in [0.717, 1.165) is 19.0 Å². The Morgan fingerprint density at radius 3 is 2.87 bits per heavy atom. The summed E-state index contributed by atoms with van der Waals surface area (Å²) >= 11 is 0. The van der Waals surface area contributed by atoms with Gasteiger partial charge in [-0.25, -0.2) is 0 Å². The summed E-state index contributed by atoms with van der Waals surface area (Å²) in [7, 11) is 2.19. The van der Waals surface area contributed by atoms with Gasteiger partial charge < -0.3 is 10.2 Å². The van der Waals surface area contributed by atoms with Crippen molar-refractivity contribution in [3.63, 3.8) is 0 Å². The van der Waals surface area contributed by atoms with Crippen LogP contribution in [0.4, 0.5) is 0 Å². The van der Waals surface area contributed by atoms with Crippen LogP contribution in [-0.4, -0.2) is 38.1 Å². The van der Waals surface area contributed by atoms with Crippen molar-refractivity contribution >= 4 is 0 Å². The van der Waals surface area contributed by atoms with Crippen LogP contribution in [0, 0.1) is 22.7 Å². The normalized spacial score (nSPS) is 23.7. The van der Waals surface area contributed by atoms with Crippen LogP contribution in [0.15, 0.2) is 0 Å². The lowest BCUT2D eigenvalue weighted by atomic mass is 9.94. The summed E-state index contributed by atoms with van der Waals surface area (Å²) in [6.07, 6.45) is 2.63. The monoisotopic (exact) mass is 209 g/mol. The molecule has 1 atom stereocenters. The molecule has 1 N–H and O–H groups in total. The van der Waals surface area contributed by atoms with Crippen molar-refractivity contribution in [2.75, 3.05) is 33.2 Å². The molecule has 0 aromatic heterocycles. The average Bonchev–Trinajstić information content (AvgIpc) is 2.18. The van der Waals surface area contributed by atoms with Crippen LogP contribution in [-0.2, 0) is 0 Å². The van der Waals surface area contributed by atoms with Gasteiger partial charge in [0.15, 0.2) is 0 Å². The van der Waals surface area contributed by atoms with E-state index in [1.807, 2.05) is 13.8 Å². The Hall–Kier alpha value is -0.590. The van der Waals surface area contributed by atoms with E-state index >= 15 is 0 Å². The van der Waals surface area contributed by atoms with Crippen LogP contribution in [0.1, 0.15) is 26.7 Å². The Bertz CT molecular complexity index is 230. The summed E-state index contributed by atoms with van der Waals surface area (Å²) in [6.45, 7) is 8.24. The number of piperidine rings is 1. The van der Waals surface area contributed by atoms with Gasteiger partial charge in [-0.05, 0) is 52.7 Å². The van der Waals surface area contributed by atoms with Gasteiger partial charge in [-0.1, -0.05) is 0 Å². The fourth-order valence-electron chi connectivity index (χ4n) is 2.07. The fraction of sp³-hybridized carbons (Fsp3) is 0.917. The maximum Gasteiger partial charge on any atom is 0.0697 e. The Balaban J connectivity index is 2.18. The molecule has 0 radical (unpaired) electrons. The molecule has 86 valence electrons. The lowest BCUT2D eigenvalue weighted by Crippen LogP contribution is -2.39. The minimum atomic E-state index is -0.236. The average molecular weight is 209 g/mol. The van der Waals surface area contributed by atoms with E-state index in [9.17, 15) is 0 Å². The van der Waals surface area contributed by atoms with E-state index in [1.165, 1.54) is 25.9 Å². The molecule has 0 bridgehead atoms. The first kappa shape index (κ1) is 12.5. The molecule has 0 aliphatic carbocycles. The van der Waals surface area contributed by atoms with Crippen molar-refractivity contribution in [3.8, 4) is 6.07 Å². The van der Waals surface area contributed by atoms with Gasteiger partial charge in [-0.3, -0.25) is 0 Å². The highest BCUT2D eigenvalue weighted by Crippen LogP contribution is 2.15. The number of likely N-dealkylation sites (tertiary alicyclic amines) is 1. The second kappa shape index (κ2) is 5.48. The molecule has 1 aliphatic heterocycles. The molecule has 3 heteroatoms. The second-order valence-electron chi connectivity index (χ2n) is 5.40. The molecule has 0 amide bonds. The zero-order valence-corrected chi connectivity index (χ0v) is 10.2. The van der Waals surface area contributed by atoms with Crippen molar-refractivity contribution in [3.05, 3.63) is 0 Å². The number of hydrogen-bond donors (Lipinski definition) is 1. The summed E-state index contributed by atoms with van der Waals surface area (Å²) < 4.78 is 0. The largest absolute Gasteiger partial charge is 0.315 e. The Kier molecular flexibility index (Phi) is 4.56. The van der Waals surface area contributed by atoms with Crippen molar-refractivity contribution in [2.24, 2.45) is 11.3 Å². The van der Waals surface area contributed by atoms with E-state index in [0.29, 0.717) is 0 Å². The molecule has 1 heterocycles. The molecular weight excluding hydrogens is 186 g/mol. The summed E-state index contributed by atoms with van der Waals surface area (Å²) in [5.74, 6) is 0.762. The molecule has 1 aliphatic rings. The number of nitrogens with one attached hydrogen (secondary N) is 1. The molecule has 1 unspecified atom stereocenters. The topological polar surface area (TPSA) is 39.1 Å². The minimum Gasteiger partial charge on any atom is -0.315 e. The minimum absolute atomic E-state index is 0.236. The van der Waals surface area contributed by atoms with Crippen molar-refractivity contribution in [2.45, 2.75) is 26.7 Å². The molecular formula is C12H23N3. The Morgan fingerprint density at radius 2 is 2.27 bits per heavy atom. The first-order valence-corrected chi connectivity index (χ1v) is 5.84. The molecule has 0 aromatic carbocycles. The lowest BCUT2D eigenvalue weighted by molar-refractivity contribution is 0.204. The fourth-order valence-corrected chi connectivity index (χ4v) is 2.07. The Labute approximate surface area is 93.5 Å².